The Hall–Kier alpha value is -1.08. The first-order chi connectivity index (χ1) is 6.74. The fourth-order valence-corrected chi connectivity index (χ4v) is 1.54. The summed E-state index contributed by atoms with van der Waals surface area (Å²) in [6, 6.07) is 0. The molecule has 0 radical (unpaired) electrons. The Balaban J connectivity index is 3.69. The predicted octanol–water partition coefficient (Wildman–Crippen LogP) is 1.13. The molecule has 0 saturated carbocycles. The SMILES string of the molecule is CCCC(CCN)CCC(=O)NC#N. The third kappa shape index (κ3) is 6.44. The summed E-state index contributed by atoms with van der Waals surface area (Å²) in [5.74, 6) is 0.333. The molecule has 0 aromatic rings. The Kier molecular flexibility index (Phi) is 7.86. The van der Waals surface area contributed by atoms with E-state index in [0.717, 1.165) is 25.7 Å². The van der Waals surface area contributed by atoms with Crippen LogP contribution in [-0.4, -0.2) is 12.5 Å². The fraction of sp³-hybridized carbons (Fsp3) is 0.800. The van der Waals surface area contributed by atoms with E-state index >= 15 is 0 Å². The van der Waals surface area contributed by atoms with E-state index in [9.17, 15) is 4.79 Å². The summed E-state index contributed by atoms with van der Waals surface area (Å²) in [5, 5.41) is 10.3. The van der Waals surface area contributed by atoms with Crippen molar-refractivity contribution in [3.8, 4) is 6.19 Å². The molecule has 0 saturated heterocycles. The first kappa shape index (κ1) is 12.9. The maximum atomic E-state index is 11.0. The van der Waals surface area contributed by atoms with Gasteiger partial charge < -0.3 is 5.73 Å². The Labute approximate surface area is 85.5 Å². The van der Waals surface area contributed by atoms with Crippen LogP contribution in [0.2, 0.25) is 0 Å². The predicted molar refractivity (Wildman–Crippen MR) is 55.1 cm³/mol. The maximum absolute atomic E-state index is 11.0. The lowest BCUT2D eigenvalue weighted by Crippen LogP contribution is -2.19. The summed E-state index contributed by atoms with van der Waals surface area (Å²) in [6.07, 6.45) is 6.08. The number of hydrogen-bond acceptors (Lipinski definition) is 3. The lowest BCUT2D eigenvalue weighted by Gasteiger charge is -2.13. The number of carbonyl (C=O) groups is 1. The molecule has 0 aliphatic carbocycles. The van der Waals surface area contributed by atoms with Crippen LogP contribution in [-0.2, 0) is 4.79 Å². The van der Waals surface area contributed by atoms with Gasteiger partial charge in [0.05, 0.1) is 0 Å². The topological polar surface area (TPSA) is 78.9 Å². The van der Waals surface area contributed by atoms with Gasteiger partial charge in [-0.05, 0) is 25.3 Å². The fourth-order valence-electron chi connectivity index (χ4n) is 1.54. The van der Waals surface area contributed by atoms with Gasteiger partial charge in [0.15, 0.2) is 6.19 Å². The molecular formula is C10H19N3O. The molecule has 14 heavy (non-hydrogen) atoms. The van der Waals surface area contributed by atoms with Crippen molar-refractivity contribution < 1.29 is 4.79 Å². The van der Waals surface area contributed by atoms with Gasteiger partial charge in [-0.15, -0.1) is 0 Å². The van der Waals surface area contributed by atoms with Crippen molar-refractivity contribution in [3.05, 3.63) is 0 Å². The van der Waals surface area contributed by atoms with Crippen molar-refractivity contribution in [3.63, 3.8) is 0 Å². The van der Waals surface area contributed by atoms with Gasteiger partial charge in [0, 0.05) is 6.42 Å². The average molecular weight is 197 g/mol. The molecule has 3 N–H and O–H groups in total. The molecular weight excluding hydrogens is 178 g/mol. The molecule has 0 bridgehead atoms. The minimum atomic E-state index is -0.189. The highest BCUT2D eigenvalue weighted by Gasteiger charge is 2.09. The molecule has 0 rings (SSSR count). The van der Waals surface area contributed by atoms with E-state index in [1.54, 1.807) is 6.19 Å². The van der Waals surface area contributed by atoms with Crippen LogP contribution in [0.3, 0.4) is 0 Å². The van der Waals surface area contributed by atoms with E-state index in [4.69, 9.17) is 11.0 Å². The number of nitrogens with zero attached hydrogens (tertiary/aromatic N) is 1. The zero-order valence-electron chi connectivity index (χ0n) is 8.75. The Bertz CT molecular complexity index is 192. The average Bonchev–Trinajstić information content (AvgIpc) is 2.15. The van der Waals surface area contributed by atoms with E-state index < -0.39 is 0 Å². The highest BCUT2D eigenvalue weighted by atomic mass is 16.1. The van der Waals surface area contributed by atoms with Gasteiger partial charge in [0.1, 0.15) is 0 Å². The minimum absolute atomic E-state index is 0.189. The van der Waals surface area contributed by atoms with Crippen LogP contribution in [0.4, 0.5) is 0 Å². The number of rotatable bonds is 7. The van der Waals surface area contributed by atoms with Crippen LogP contribution in [0, 0.1) is 17.4 Å². The van der Waals surface area contributed by atoms with Crippen molar-refractivity contribution in [1.29, 1.82) is 5.26 Å². The van der Waals surface area contributed by atoms with Gasteiger partial charge in [-0.1, -0.05) is 19.8 Å². The van der Waals surface area contributed by atoms with E-state index in [2.05, 4.69) is 12.2 Å². The van der Waals surface area contributed by atoms with Crippen molar-refractivity contribution in [2.24, 2.45) is 11.7 Å². The first-order valence-corrected chi connectivity index (χ1v) is 5.12. The summed E-state index contributed by atoms with van der Waals surface area (Å²) < 4.78 is 0. The standard InChI is InChI=1S/C10H19N3O/c1-2-3-9(6-7-11)4-5-10(14)13-8-12/h9H,2-7,11H2,1H3,(H,13,14). The van der Waals surface area contributed by atoms with Crippen LogP contribution in [0.15, 0.2) is 0 Å². The van der Waals surface area contributed by atoms with Crippen LogP contribution in [0.25, 0.3) is 0 Å². The van der Waals surface area contributed by atoms with Gasteiger partial charge in [-0.2, -0.15) is 5.26 Å². The van der Waals surface area contributed by atoms with E-state index in [-0.39, 0.29) is 5.91 Å². The van der Waals surface area contributed by atoms with Gasteiger partial charge in [0.2, 0.25) is 5.91 Å². The smallest absolute Gasteiger partial charge is 0.232 e. The zero-order valence-corrected chi connectivity index (χ0v) is 8.75. The molecule has 0 aromatic carbocycles. The Morgan fingerprint density at radius 2 is 2.21 bits per heavy atom. The number of nitrogens with one attached hydrogen (secondary N) is 1. The van der Waals surface area contributed by atoms with Gasteiger partial charge in [-0.25, -0.2) is 0 Å². The van der Waals surface area contributed by atoms with Crippen LogP contribution in [0.1, 0.15) is 39.0 Å². The molecule has 4 heteroatoms. The van der Waals surface area contributed by atoms with Crippen LogP contribution in [0.5, 0.6) is 0 Å². The number of carbonyl (C=O) groups excluding carboxylic acids is 1. The molecule has 4 nitrogen and oxygen atoms in total. The number of amides is 1. The van der Waals surface area contributed by atoms with Crippen LogP contribution < -0.4 is 11.1 Å². The summed E-state index contributed by atoms with van der Waals surface area (Å²) in [7, 11) is 0. The van der Waals surface area contributed by atoms with E-state index in [1.165, 1.54) is 0 Å². The molecule has 0 aromatic heterocycles. The summed E-state index contributed by atoms with van der Waals surface area (Å²) in [6.45, 7) is 2.80. The monoisotopic (exact) mass is 197 g/mol. The summed E-state index contributed by atoms with van der Waals surface area (Å²) in [4.78, 5) is 11.0. The zero-order chi connectivity index (χ0) is 10.8. The maximum Gasteiger partial charge on any atom is 0.232 e. The van der Waals surface area contributed by atoms with Crippen molar-refractivity contribution in [1.82, 2.24) is 5.32 Å². The van der Waals surface area contributed by atoms with Gasteiger partial charge in [0.25, 0.3) is 0 Å². The summed E-state index contributed by atoms with van der Waals surface area (Å²) in [5.41, 5.74) is 5.47. The van der Waals surface area contributed by atoms with E-state index in [1.807, 2.05) is 0 Å². The second-order valence-electron chi connectivity index (χ2n) is 3.43. The van der Waals surface area contributed by atoms with Gasteiger partial charge in [-0.3, -0.25) is 10.1 Å². The second kappa shape index (κ2) is 8.52. The van der Waals surface area contributed by atoms with Crippen molar-refractivity contribution in [2.75, 3.05) is 6.54 Å². The normalized spacial score (nSPS) is 11.8. The molecule has 1 atom stereocenters. The number of nitrogens with two attached hydrogens (primary N) is 1. The van der Waals surface area contributed by atoms with Crippen LogP contribution >= 0.6 is 0 Å². The lowest BCUT2D eigenvalue weighted by atomic mass is 9.94. The largest absolute Gasteiger partial charge is 0.330 e. The first-order valence-electron chi connectivity index (χ1n) is 5.12. The molecule has 80 valence electrons. The molecule has 1 amide bonds. The molecule has 0 heterocycles. The third-order valence-corrected chi connectivity index (χ3v) is 2.25. The van der Waals surface area contributed by atoms with Crippen molar-refractivity contribution in [2.45, 2.75) is 39.0 Å². The van der Waals surface area contributed by atoms with E-state index in [0.29, 0.717) is 18.9 Å². The lowest BCUT2D eigenvalue weighted by molar-refractivity contribution is -0.120. The van der Waals surface area contributed by atoms with Crippen molar-refractivity contribution >= 4 is 5.91 Å². The molecule has 0 spiro atoms. The molecule has 0 aliphatic heterocycles. The highest BCUT2D eigenvalue weighted by Crippen LogP contribution is 2.16. The molecule has 0 fully saturated rings. The Morgan fingerprint density at radius 3 is 2.71 bits per heavy atom. The molecule has 0 aliphatic rings. The number of hydrogen-bond donors (Lipinski definition) is 2. The quantitative estimate of drug-likeness (QED) is 0.474. The number of nitriles is 1. The third-order valence-electron chi connectivity index (χ3n) is 2.25. The Morgan fingerprint density at radius 1 is 1.50 bits per heavy atom. The van der Waals surface area contributed by atoms with Gasteiger partial charge >= 0.3 is 0 Å². The molecule has 1 unspecified atom stereocenters. The summed E-state index contributed by atoms with van der Waals surface area (Å²) >= 11 is 0. The highest BCUT2D eigenvalue weighted by molar-refractivity contribution is 5.77. The minimum Gasteiger partial charge on any atom is -0.330 e. The second-order valence-corrected chi connectivity index (χ2v) is 3.43.